The minimum absolute atomic E-state index is 0.0244. The first kappa shape index (κ1) is 15.0. The van der Waals surface area contributed by atoms with Crippen LogP contribution >= 0.6 is 0 Å². The van der Waals surface area contributed by atoms with E-state index >= 15 is 0 Å². The molecule has 3 nitrogen and oxygen atoms in total. The minimum atomic E-state index is -0.258. The summed E-state index contributed by atoms with van der Waals surface area (Å²) in [6.45, 7) is 4.37. The largest absolute Gasteiger partial charge is 0.339 e. The lowest BCUT2D eigenvalue weighted by atomic mass is 9.96. The van der Waals surface area contributed by atoms with Gasteiger partial charge < -0.3 is 9.80 Å². The lowest BCUT2D eigenvalue weighted by Gasteiger charge is -2.33. The summed E-state index contributed by atoms with van der Waals surface area (Å²) < 4.78 is 13.2. The van der Waals surface area contributed by atoms with E-state index in [9.17, 15) is 9.18 Å². The number of nitrogens with zero attached hydrogens (tertiary/aromatic N) is 2. The Labute approximate surface area is 120 Å². The molecule has 0 N–H and O–H groups in total. The van der Waals surface area contributed by atoms with E-state index in [1.807, 2.05) is 4.90 Å². The number of carbonyl (C=O) groups is 1. The fourth-order valence-electron chi connectivity index (χ4n) is 2.80. The average Bonchev–Trinajstić information content (AvgIpc) is 2.41. The maximum absolute atomic E-state index is 13.2. The molecule has 0 aliphatic carbocycles. The van der Waals surface area contributed by atoms with E-state index in [2.05, 4.69) is 19.0 Å². The molecule has 0 saturated carbocycles. The maximum Gasteiger partial charge on any atom is 0.253 e. The highest BCUT2D eigenvalue weighted by Gasteiger charge is 2.24. The topological polar surface area (TPSA) is 23.6 Å². The molecule has 1 aliphatic heterocycles. The first-order chi connectivity index (χ1) is 9.47. The number of piperidine rings is 1. The maximum atomic E-state index is 13.2. The lowest BCUT2D eigenvalue weighted by molar-refractivity contribution is 0.0678. The summed E-state index contributed by atoms with van der Waals surface area (Å²) >= 11 is 0. The fourth-order valence-corrected chi connectivity index (χ4v) is 2.80. The highest BCUT2D eigenvalue weighted by atomic mass is 19.1. The van der Waals surface area contributed by atoms with Crippen molar-refractivity contribution in [3.63, 3.8) is 0 Å². The second-order valence-corrected chi connectivity index (χ2v) is 5.96. The number of aryl methyl sites for hydroxylation is 1. The molecule has 2 rings (SSSR count). The highest BCUT2D eigenvalue weighted by molar-refractivity contribution is 5.94. The van der Waals surface area contributed by atoms with Gasteiger partial charge in [0.1, 0.15) is 5.82 Å². The van der Waals surface area contributed by atoms with Crippen LogP contribution in [0.5, 0.6) is 0 Å². The predicted octanol–water partition coefficient (Wildman–Crippen LogP) is 2.55. The van der Waals surface area contributed by atoms with Gasteiger partial charge in [0.25, 0.3) is 5.91 Å². The van der Waals surface area contributed by atoms with Crippen LogP contribution in [0.2, 0.25) is 0 Å². The van der Waals surface area contributed by atoms with Gasteiger partial charge in [0.2, 0.25) is 0 Å². The van der Waals surface area contributed by atoms with Crippen molar-refractivity contribution in [3.05, 3.63) is 35.1 Å². The quantitative estimate of drug-likeness (QED) is 0.848. The Morgan fingerprint density at radius 2 is 2.00 bits per heavy atom. The molecule has 0 spiro atoms. The van der Waals surface area contributed by atoms with Crippen molar-refractivity contribution in [1.82, 2.24) is 9.80 Å². The molecule has 1 heterocycles. The second kappa shape index (κ2) is 6.35. The van der Waals surface area contributed by atoms with E-state index < -0.39 is 0 Å². The van der Waals surface area contributed by atoms with Gasteiger partial charge in [0.05, 0.1) is 0 Å². The van der Waals surface area contributed by atoms with Crippen molar-refractivity contribution >= 4 is 5.91 Å². The normalized spacial score (nSPS) is 16.8. The van der Waals surface area contributed by atoms with Crippen LogP contribution < -0.4 is 0 Å². The first-order valence-corrected chi connectivity index (χ1v) is 7.17. The molecule has 0 unspecified atom stereocenters. The zero-order valence-corrected chi connectivity index (χ0v) is 12.5. The van der Waals surface area contributed by atoms with E-state index in [0.29, 0.717) is 17.0 Å². The summed E-state index contributed by atoms with van der Waals surface area (Å²) in [5.41, 5.74) is 1.12. The van der Waals surface area contributed by atoms with Crippen LogP contribution in [0.3, 0.4) is 0 Å². The summed E-state index contributed by atoms with van der Waals surface area (Å²) in [5, 5.41) is 0. The number of benzene rings is 1. The van der Waals surface area contributed by atoms with Crippen molar-refractivity contribution in [2.45, 2.75) is 19.8 Å². The smallest absolute Gasteiger partial charge is 0.253 e. The van der Waals surface area contributed by atoms with Crippen LogP contribution in [0.25, 0.3) is 0 Å². The monoisotopic (exact) mass is 278 g/mol. The third kappa shape index (κ3) is 3.57. The molecule has 0 atom stereocenters. The van der Waals surface area contributed by atoms with Crippen molar-refractivity contribution in [3.8, 4) is 0 Å². The number of amides is 1. The van der Waals surface area contributed by atoms with Gasteiger partial charge in [-0.3, -0.25) is 4.79 Å². The molecule has 1 aromatic rings. The van der Waals surface area contributed by atoms with Crippen LogP contribution in [0.15, 0.2) is 18.2 Å². The summed E-state index contributed by atoms with van der Waals surface area (Å²) in [6.07, 6.45) is 2.09. The molecular weight excluding hydrogens is 255 g/mol. The zero-order valence-electron chi connectivity index (χ0n) is 12.5. The number of likely N-dealkylation sites (tertiary alicyclic amines) is 1. The zero-order chi connectivity index (χ0) is 14.7. The molecule has 1 aliphatic rings. The minimum Gasteiger partial charge on any atom is -0.339 e. The van der Waals surface area contributed by atoms with Crippen LogP contribution in [0, 0.1) is 18.7 Å². The Bertz CT molecular complexity index is 479. The van der Waals surface area contributed by atoms with Gasteiger partial charge in [-0.05, 0) is 63.5 Å². The third-order valence-corrected chi connectivity index (χ3v) is 3.93. The lowest BCUT2D eigenvalue weighted by Crippen LogP contribution is -2.40. The highest BCUT2D eigenvalue weighted by Crippen LogP contribution is 2.20. The predicted molar refractivity (Wildman–Crippen MR) is 78.3 cm³/mol. The fraction of sp³-hybridized carbons (Fsp3) is 0.562. The summed E-state index contributed by atoms with van der Waals surface area (Å²) in [6, 6.07) is 4.60. The van der Waals surface area contributed by atoms with Gasteiger partial charge in [-0.15, -0.1) is 0 Å². The van der Waals surface area contributed by atoms with E-state index in [-0.39, 0.29) is 11.7 Å². The van der Waals surface area contributed by atoms with Gasteiger partial charge >= 0.3 is 0 Å². The molecule has 0 bridgehead atoms. The summed E-state index contributed by atoms with van der Waals surface area (Å²) in [4.78, 5) is 16.5. The summed E-state index contributed by atoms with van der Waals surface area (Å²) in [5.74, 6) is 0.437. The average molecular weight is 278 g/mol. The molecular formula is C16H23FN2O. The number of carbonyl (C=O) groups excluding carboxylic acids is 1. The van der Waals surface area contributed by atoms with Gasteiger partial charge in [-0.1, -0.05) is 0 Å². The molecule has 4 heteroatoms. The molecule has 20 heavy (non-hydrogen) atoms. The number of halogens is 1. The third-order valence-electron chi connectivity index (χ3n) is 3.93. The standard InChI is InChI=1S/C16H23FN2O/c1-12-10-14(4-5-15(12)17)16(20)19-8-6-13(7-9-19)11-18(2)3/h4-5,10,13H,6-9,11H2,1-3H3. The van der Waals surface area contributed by atoms with Crippen LogP contribution in [0.4, 0.5) is 4.39 Å². The van der Waals surface area contributed by atoms with E-state index in [4.69, 9.17) is 0 Å². The molecule has 1 saturated heterocycles. The van der Waals surface area contributed by atoms with Crippen LogP contribution in [0.1, 0.15) is 28.8 Å². The van der Waals surface area contributed by atoms with Crippen molar-refractivity contribution in [1.29, 1.82) is 0 Å². The van der Waals surface area contributed by atoms with Crippen molar-refractivity contribution < 1.29 is 9.18 Å². The van der Waals surface area contributed by atoms with Crippen molar-refractivity contribution in [2.24, 2.45) is 5.92 Å². The van der Waals surface area contributed by atoms with Crippen LogP contribution in [-0.2, 0) is 0 Å². The molecule has 0 aromatic heterocycles. The van der Waals surface area contributed by atoms with E-state index in [1.165, 1.54) is 6.07 Å². The SMILES string of the molecule is Cc1cc(C(=O)N2CCC(CN(C)C)CC2)ccc1F. The van der Waals surface area contributed by atoms with Gasteiger partial charge in [-0.2, -0.15) is 0 Å². The van der Waals surface area contributed by atoms with Crippen molar-refractivity contribution in [2.75, 3.05) is 33.7 Å². The van der Waals surface area contributed by atoms with Crippen LogP contribution in [-0.4, -0.2) is 49.4 Å². The Morgan fingerprint density at radius 3 is 2.55 bits per heavy atom. The Kier molecular flexibility index (Phi) is 4.76. The Balaban J connectivity index is 1.96. The number of hydrogen-bond donors (Lipinski definition) is 0. The molecule has 1 amide bonds. The Morgan fingerprint density at radius 1 is 1.35 bits per heavy atom. The van der Waals surface area contributed by atoms with Gasteiger partial charge in [-0.25, -0.2) is 4.39 Å². The van der Waals surface area contributed by atoms with Gasteiger partial charge in [0, 0.05) is 25.2 Å². The number of hydrogen-bond acceptors (Lipinski definition) is 2. The second-order valence-electron chi connectivity index (χ2n) is 5.96. The molecule has 110 valence electrons. The van der Waals surface area contributed by atoms with E-state index in [0.717, 1.165) is 32.5 Å². The van der Waals surface area contributed by atoms with E-state index in [1.54, 1.807) is 19.1 Å². The molecule has 1 fully saturated rings. The molecule has 0 radical (unpaired) electrons. The first-order valence-electron chi connectivity index (χ1n) is 7.17. The summed E-state index contributed by atoms with van der Waals surface area (Å²) in [7, 11) is 4.16. The Hall–Kier alpha value is -1.42. The molecule has 1 aromatic carbocycles. The number of rotatable bonds is 3. The van der Waals surface area contributed by atoms with Gasteiger partial charge in [0.15, 0.2) is 0 Å².